The van der Waals surface area contributed by atoms with Crippen LogP contribution in [0.3, 0.4) is 0 Å². The molecule has 0 saturated carbocycles. The van der Waals surface area contributed by atoms with E-state index in [0.29, 0.717) is 11.7 Å². The van der Waals surface area contributed by atoms with Gasteiger partial charge in [0, 0.05) is 30.2 Å². The molecule has 122 valence electrons. The molecule has 0 unspecified atom stereocenters. The first-order valence-electron chi connectivity index (χ1n) is 7.25. The van der Waals surface area contributed by atoms with Gasteiger partial charge < -0.3 is 9.84 Å². The maximum Gasteiger partial charge on any atom is 0.227 e. The average Bonchev–Trinajstić information content (AvgIpc) is 3.06. The molecule has 5 nitrogen and oxygen atoms in total. The Labute approximate surface area is 136 Å². The van der Waals surface area contributed by atoms with Crippen LogP contribution in [0.2, 0.25) is 0 Å². The molecule has 3 rings (SSSR count). The normalized spacial score (nSPS) is 10.6. The predicted octanol–water partition coefficient (Wildman–Crippen LogP) is 3.59. The van der Waals surface area contributed by atoms with E-state index in [1.807, 2.05) is 30.3 Å². The van der Waals surface area contributed by atoms with Gasteiger partial charge >= 0.3 is 0 Å². The molecule has 1 N–H and O–H groups in total. The predicted molar refractivity (Wildman–Crippen MR) is 83.0 cm³/mol. The van der Waals surface area contributed by atoms with Crippen LogP contribution in [0.4, 0.5) is 14.5 Å². The number of nitrogens with one attached hydrogen (secondary N) is 1. The molecule has 0 spiro atoms. The van der Waals surface area contributed by atoms with Crippen molar-refractivity contribution in [3.8, 4) is 11.4 Å². The average molecular weight is 329 g/mol. The van der Waals surface area contributed by atoms with E-state index in [0.717, 1.165) is 17.7 Å². The third kappa shape index (κ3) is 3.81. The quantitative estimate of drug-likeness (QED) is 0.777. The third-order valence-electron chi connectivity index (χ3n) is 3.27. The summed E-state index contributed by atoms with van der Waals surface area (Å²) in [5.41, 5.74) is 1.01. The van der Waals surface area contributed by atoms with E-state index in [9.17, 15) is 13.6 Å². The Bertz CT molecular complexity index is 850. The molecule has 1 aromatic heterocycles. The van der Waals surface area contributed by atoms with Crippen molar-refractivity contribution in [2.75, 3.05) is 5.32 Å². The number of hydrogen-bond acceptors (Lipinski definition) is 4. The lowest BCUT2D eigenvalue weighted by Crippen LogP contribution is -2.12. The van der Waals surface area contributed by atoms with Gasteiger partial charge in [0.15, 0.2) is 11.6 Å². The summed E-state index contributed by atoms with van der Waals surface area (Å²) in [4.78, 5) is 16.1. The van der Waals surface area contributed by atoms with Crippen LogP contribution >= 0.6 is 0 Å². The van der Waals surface area contributed by atoms with Gasteiger partial charge in [-0.2, -0.15) is 4.98 Å². The lowest BCUT2D eigenvalue weighted by molar-refractivity contribution is -0.116. The first kappa shape index (κ1) is 15.8. The maximum atomic E-state index is 13.1. The van der Waals surface area contributed by atoms with Crippen molar-refractivity contribution in [1.82, 2.24) is 10.1 Å². The number of anilines is 1. The van der Waals surface area contributed by atoms with E-state index in [2.05, 4.69) is 15.5 Å². The first-order valence-corrected chi connectivity index (χ1v) is 7.25. The summed E-state index contributed by atoms with van der Waals surface area (Å²) in [7, 11) is 0. The van der Waals surface area contributed by atoms with E-state index in [1.54, 1.807) is 0 Å². The molecule has 0 bridgehead atoms. The summed E-state index contributed by atoms with van der Waals surface area (Å²) in [5.74, 6) is -1.56. The van der Waals surface area contributed by atoms with Gasteiger partial charge in [0.25, 0.3) is 0 Å². The van der Waals surface area contributed by atoms with Crippen molar-refractivity contribution in [3.63, 3.8) is 0 Å². The molecule has 1 heterocycles. The zero-order valence-electron chi connectivity index (χ0n) is 12.5. The molecular formula is C17H13F2N3O2. The maximum absolute atomic E-state index is 13.1. The summed E-state index contributed by atoms with van der Waals surface area (Å²) in [5, 5.41) is 6.34. The minimum atomic E-state index is -1.02. The highest BCUT2D eigenvalue weighted by molar-refractivity contribution is 5.90. The number of carbonyl (C=O) groups excluding carboxylic acids is 1. The van der Waals surface area contributed by atoms with Crippen LogP contribution in [0, 0.1) is 11.6 Å². The zero-order valence-corrected chi connectivity index (χ0v) is 12.5. The van der Waals surface area contributed by atoms with Crippen LogP contribution in [0.5, 0.6) is 0 Å². The molecule has 2 aromatic carbocycles. The van der Waals surface area contributed by atoms with Gasteiger partial charge in [-0.1, -0.05) is 35.5 Å². The fourth-order valence-electron chi connectivity index (χ4n) is 2.08. The third-order valence-corrected chi connectivity index (χ3v) is 3.27. The Morgan fingerprint density at radius 1 is 1.08 bits per heavy atom. The van der Waals surface area contributed by atoms with E-state index >= 15 is 0 Å². The van der Waals surface area contributed by atoms with Gasteiger partial charge in [-0.05, 0) is 12.1 Å². The molecule has 0 atom stereocenters. The molecule has 0 aliphatic rings. The van der Waals surface area contributed by atoms with Crippen LogP contribution in [0.1, 0.15) is 12.3 Å². The number of benzene rings is 2. The van der Waals surface area contributed by atoms with E-state index in [-0.39, 0.29) is 24.4 Å². The van der Waals surface area contributed by atoms with Crippen molar-refractivity contribution < 1.29 is 18.1 Å². The van der Waals surface area contributed by atoms with Crippen molar-refractivity contribution in [3.05, 3.63) is 66.1 Å². The van der Waals surface area contributed by atoms with Gasteiger partial charge in [-0.15, -0.1) is 0 Å². The van der Waals surface area contributed by atoms with E-state index in [4.69, 9.17) is 4.52 Å². The summed E-state index contributed by atoms with van der Waals surface area (Å²) in [6.07, 6.45) is 0.324. The van der Waals surface area contributed by atoms with Gasteiger partial charge in [0.05, 0.1) is 0 Å². The van der Waals surface area contributed by atoms with Crippen LogP contribution in [-0.2, 0) is 11.2 Å². The summed E-state index contributed by atoms with van der Waals surface area (Å²) in [6.45, 7) is 0. The minimum Gasteiger partial charge on any atom is -0.339 e. The number of nitrogens with zero attached hydrogens (tertiary/aromatic N) is 2. The molecule has 0 fully saturated rings. The van der Waals surface area contributed by atoms with Gasteiger partial charge in [-0.3, -0.25) is 4.79 Å². The lowest BCUT2D eigenvalue weighted by atomic mass is 10.2. The molecule has 0 aliphatic heterocycles. The number of amides is 1. The molecular weight excluding hydrogens is 316 g/mol. The smallest absolute Gasteiger partial charge is 0.227 e. The molecule has 0 aliphatic carbocycles. The number of aromatic nitrogens is 2. The van der Waals surface area contributed by atoms with Crippen LogP contribution in [0.25, 0.3) is 11.4 Å². The Balaban J connectivity index is 1.56. The number of hydrogen-bond donors (Lipinski definition) is 1. The van der Waals surface area contributed by atoms with Crippen molar-refractivity contribution in [1.29, 1.82) is 0 Å². The lowest BCUT2D eigenvalue weighted by Gasteiger charge is -2.04. The number of carbonyl (C=O) groups is 1. The molecule has 24 heavy (non-hydrogen) atoms. The Kier molecular flexibility index (Phi) is 4.60. The van der Waals surface area contributed by atoms with Gasteiger partial charge in [0.1, 0.15) is 0 Å². The van der Waals surface area contributed by atoms with Gasteiger partial charge in [-0.25, -0.2) is 8.78 Å². The largest absolute Gasteiger partial charge is 0.339 e. The molecule has 7 heteroatoms. The van der Waals surface area contributed by atoms with Crippen molar-refractivity contribution in [2.45, 2.75) is 12.8 Å². The van der Waals surface area contributed by atoms with Crippen LogP contribution in [0.15, 0.2) is 53.1 Å². The molecule has 0 saturated heterocycles. The van der Waals surface area contributed by atoms with E-state index < -0.39 is 11.6 Å². The monoisotopic (exact) mass is 329 g/mol. The fourth-order valence-corrected chi connectivity index (χ4v) is 2.08. The highest BCUT2D eigenvalue weighted by Crippen LogP contribution is 2.16. The Hall–Kier alpha value is -3.09. The van der Waals surface area contributed by atoms with Gasteiger partial charge in [0.2, 0.25) is 17.6 Å². The Morgan fingerprint density at radius 3 is 2.62 bits per heavy atom. The standard InChI is InChI=1S/C17H13F2N3O2/c18-13-7-6-12(10-14(13)19)20-15(23)8-9-16-21-17(22-24-16)11-4-2-1-3-5-11/h1-7,10H,8-9H2,(H,20,23). The second kappa shape index (κ2) is 6.99. The van der Waals surface area contributed by atoms with E-state index in [1.165, 1.54) is 6.07 Å². The highest BCUT2D eigenvalue weighted by atomic mass is 19.2. The number of rotatable bonds is 5. The Morgan fingerprint density at radius 2 is 1.88 bits per heavy atom. The summed E-state index contributed by atoms with van der Waals surface area (Å²) < 4.78 is 31.0. The number of aryl methyl sites for hydroxylation is 1. The summed E-state index contributed by atoms with van der Waals surface area (Å²) >= 11 is 0. The van der Waals surface area contributed by atoms with Crippen molar-refractivity contribution >= 4 is 11.6 Å². The summed E-state index contributed by atoms with van der Waals surface area (Å²) in [6, 6.07) is 12.5. The van der Waals surface area contributed by atoms with Crippen LogP contribution in [-0.4, -0.2) is 16.0 Å². The second-order valence-electron chi connectivity index (χ2n) is 5.05. The SMILES string of the molecule is O=C(CCc1nc(-c2ccccc2)no1)Nc1ccc(F)c(F)c1. The molecule has 3 aromatic rings. The minimum absolute atomic E-state index is 0.0788. The fraction of sp³-hybridized carbons (Fsp3) is 0.118. The molecule has 1 amide bonds. The van der Waals surface area contributed by atoms with Crippen LogP contribution < -0.4 is 5.32 Å². The zero-order chi connectivity index (χ0) is 16.9. The van der Waals surface area contributed by atoms with Crippen molar-refractivity contribution in [2.24, 2.45) is 0 Å². The number of halogens is 2. The topological polar surface area (TPSA) is 68.0 Å². The highest BCUT2D eigenvalue weighted by Gasteiger charge is 2.11. The first-order chi connectivity index (χ1) is 11.6. The molecule has 0 radical (unpaired) electrons. The second-order valence-corrected chi connectivity index (χ2v) is 5.05.